The van der Waals surface area contributed by atoms with Gasteiger partial charge in [0.05, 0.1) is 59.3 Å². The second kappa shape index (κ2) is 27.3. The fraction of sp³-hybridized carbons (Fsp3) is 0.344. The minimum atomic E-state index is -1.35. The molecule has 4 N–H and O–H groups in total. The summed E-state index contributed by atoms with van der Waals surface area (Å²) in [4.78, 5) is 57.1. The molecule has 400 valence electrons. The molecule has 1 aliphatic heterocycles. The smallest absolute Gasteiger partial charge is 0.408 e. The van der Waals surface area contributed by atoms with Crippen LogP contribution in [0, 0.1) is 0 Å². The van der Waals surface area contributed by atoms with Crippen molar-refractivity contribution in [1.29, 1.82) is 0 Å². The third kappa shape index (κ3) is 17.5. The van der Waals surface area contributed by atoms with Crippen molar-refractivity contribution in [3.8, 4) is 11.5 Å². The average molecular weight is 1040 g/mol. The summed E-state index contributed by atoms with van der Waals surface area (Å²) in [5.41, 5.74) is 5.70. The zero-order chi connectivity index (χ0) is 53.9. The molecule has 0 saturated carbocycles. The van der Waals surface area contributed by atoms with Gasteiger partial charge in [0.2, 0.25) is 17.7 Å². The van der Waals surface area contributed by atoms with Crippen LogP contribution in [0.25, 0.3) is 0 Å². The number of likely N-dealkylation sites (N-methyl/N-ethyl adjacent to an activating group) is 1. The number of carbonyl (C=O) groups is 4. The molecule has 6 aromatic carbocycles. The maximum atomic E-state index is 14.7. The third-order valence-electron chi connectivity index (χ3n) is 12.6. The number of quaternary nitrogens is 1. The number of benzene rings is 6. The van der Waals surface area contributed by atoms with Gasteiger partial charge in [-0.25, -0.2) is 4.79 Å². The van der Waals surface area contributed by atoms with Crippen molar-refractivity contribution in [3.05, 3.63) is 197 Å². The van der Waals surface area contributed by atoms with Crippen molar-refractivity contribution in [1.82, 2.24) is 25.8 Å². The molecule has 0 fully saturated rings. The molecule has 4 amide bonds. The quantitative estimate of drug-likeness (QED) is 0.0409. The highest BCUT2D eigenvalue weighted by molar-refractivity contribution is 5.94. The summed E-state index contributed by atoms with van der Waals surface area (Å²) in [6, 6.07) is 47.9. The molecule has 5 atom stereocenters. The average Bonchev–Trinajstić information content (AvgIpc) is 3.40. The van der Waals surface area contributed by atoms with E-state index in [0.29, 0.717) is 42.2 Å². The van der Waals surface area contributed by atoms with Crippen LogP contribution < -0.4 is 35.2 Å². The van der Waals surface area contributed by atoms with Crippen LogP contribution in [-0.2, 0) is 72.8 Å². The molecule has 0 saturated heterocycles. The van der Waals surface area contributed by atoms with Crippen LogP contribution in [0.4, 0.5) is 10.5 Å². The summed E-state index contributed by atoms with van der Waals surface area (Å²) in [6.07, 6.45) is -1.29. The SMILES string of the molecule is C[C@@H](OCc1ccccc1)[C@H](NC(=O)OC(C)(C)C)C(=O)N[C@H](COCc1ccccc1)C(=O)N[C@@H](COCc1ccccc1)C(=O)N[C@H]1Cc2cc(OCc3ccccc3)c(OCc3ccccc3)cc2[N+](C)(C)C1. The first kappa shape index (κ1) is 56.2. The first-order chi connectivity index (χ1) is 36.6. The minimum Gasteiger partial charge on any atom is -0.485 e. The molecule has 0 radical (unpaired) electrons. The highest BCUT2D eigenvalue weighted by Gasteiger charge is 2.38. The molecule has 6 aromatic rings. The number of rotatable bonds is 25. The summed E-state index contributed by atoms with van der Waals surface area (Å²) in [5, 5.41) is 11.6. The molecule has 15 heteroatoms. The fourth-order valence-electron chi connectivity index (χ4n) is 8.76. The van der Waals surface area contributed by atoms with Gasteiger partial charge in [0.15, 0.2) is 11.5 Å². The Balaban J connectivity index is 1.12. The Labute approximate surface area is 446 Å². The Kier molecular flexibility index (Phi) is 20.2. The lowest BCUT2D eigenvalue weighted by atomic mass is 9.95. The molecule has 0 bridgehead atoms. The highest BCUT2D eigenvalue weighted by atomic mass is 16.6. The zero-order valence-corrected chi connectivity index (χ0v) is 44.4. The van der Waals surface area contributed by atoms with E-state index in [0.717, 1.165) is 39.1 Å². The van der Waals surface area contributed by atoms with Crippen molar-refractivity contribution in [2.75, 3.05) is 33.9 Å². The van der Waals surface area contributed by atoms with E-state index >= 15 is 0 Å². The van der Waals surface area contributed by atoms with Gasteiger partial charge >= 0.3 is 6.09 Å². The molecule has 1 aliphatic rings. The molecular formula is C61H72N5O10+. The van der Waals surface area contributed by atoms with E-state index in [4.69, 9.17) is 28.4 Å². The largest absolute Gasteiger partial charge is 0.485 e. The van der Waals surface area contributed by atoms with Gasteiger partial charge in [-0.2, -0.15) is 0 Å². The third-order valence-corrected chi connectivity index (χ3v) is 12.6. The summed E-state index contributed by atoms with van der Waals surface area (Å²) < 4.78 is 37.2. The van der Waals surface area contributed by atoms with Gasteiger partial charge in [0.25, 0.3) is 0 Å². The molecule has 1 heterocycles. The Morgan fingerprint density at radius 1 is 0.553 bits per heavy atom. The first-order valence-corrected chi connectivity index (χ1v) is 25.7. The molecule has 15 nitrogen and oxygen atoms in total. The second-order valence-electron chi connectivity index (χ2n) is 20.5. The molecule has 7 rings (SSSR count). The van der Waals surface area contributed by atoms with Gasteiger partial charge in [0, 0.05) is 18.1 Å². The first-order valence-electron chi connectivity index (χ1n) is 25.7. The minimum absolute atomic E-state index is 0.123. The Hall–Kier alpha value is -7.56. The summed E-state index contributed by atoms with van der Waals surface area (Å²) >= 11 is 0. The number of alkyl carbamates (subject to hydrolysis) is 1. The Bertz CT molecular complexity index is 2780. The van der Waals surface area contributed by atoms with Gasteiger partial charge < -0.3 is 49.7 Å². The maximum Gasteiger partial charge on any atom is 0.408 e. The lowest BCUT2D eigenvalue weighted by molar-refractivity contribution is -0.136. The number of fused-ring (bicyclic) bond motifs is 1. The van der Waals surface area contributed by atoms with Crippen LogP contribution in [0.15, 0.2) is 164 Å². The molecule has 0 spiro atoms. The van der Waals surface area contributed by atoms with E-state index in [1.54, 1.807) is 27.7 Å². The lowest BCUT2D eigenvalue weighted by Gasteiger charge is -2.40. The number of nitrogens with one attached hydrogen (secondary N) is 4. The van der Waals surface area contributed by atoms with E-state index in [9.17, 15) is 19.2 Å². The number of ether oxygens (including phenoxy) is 6. The Morgan fingerprint density at radius 2 is 0.974 bits per heavy atom. The van der Waals surface area contributed by atoms with Gasteiger partial charge in [0.1, 0.15) is 49.2 Å². The second-order valence-corrected chi connectivity index (χ2v) is 20.5. The van der Waals surface area contributed by atoms with Crippen molar-refractivity contribution >= 4 is 29.5 Å². The summed E-state index contributed by atoms with van der Waals surface area (Å²) in [7, 11) is 4.15. The van der Waals surface area contributed by atoms with E-state index in [-0.39, 0.29) is 39.1 Å². The predicted octanol–water partition coefficient (Wildman–Crippen LogP) is 8.35. The maximum absolute atomic E-state index is 14.7. The molecule has 0 aliphatic carbocycles. The van der Waals surface area contributed by atoms with Crippen molar-refractivity contribution in [2.24, 2.45) is 0 Å². The number of hydrogen-bond donors (Lipinski definition) is 4. The summed E-state index contributed by atoms with van der Waals surface area (Å²) in [6.45, 7) is 7.90. The van der Waals surface area contributed by atoms with Gasteiger partial charge in [-0.05, 0) is 61.6 Å². The van der Waals surface area contributed by atoms with Crippen LogP contribution in [0.2, 0.25) is 0 Å². The Morgan fingerprint density at radius 3 is 1.45 bits per heavy atom. The topological polar surface area (TPSA) is 172 Å². The predicted molar refractivity (Wildman–Crippen MR) is 292 cm³/mol. The fourth-order valence-corrected chi connectivity index (χ4v) is 8.76. The summed E-state index contributed by atoms with van der Waals surface area (Å²) in [5.74, 6) is -0.750. The number of amides is 4. The number of nitrogens with zero attached hydrogens (tertiary/aromatic N) is 1. The molecule has 76 heavy (non-hydrogen) atoms. The molecule has 0 aromatic heterocycles. The van der Waals surface area contributed by atoms with Crippen LogP contribution in [-0.4, -0.2) is 93.5 Å². The van der Waals surface area contributed by atoms with Gasteiger partial charge in [-0.1, -0.05) is 152 Å². The van der Waals surface area contributed by atoms with E-state index in [2.05, 4.69) is 35.4 Å². The van der Waals surface area contributed by atoms with Crippen molar-refractivity contribution in [3.63, 3.8) is 0 Å². The zero-order valence-electron chi connectivity index (χ0n) is 44.4. The highest BCUT2D eigenvalue weighted by Crippen LogP contribution is 2.41. The molecule has 0 unspecified atom stereocenters. The van der Waals surface area contributed by atoms with E-state index in [1.165, 1.54) is 0 Å². The van der Waals surface area contributed by atoms with Crippen LogP contribution >= 0.6 is 0 Å². The van der Waals surface area contributed by atoms with Gasteiger partial charge in [-0.3, -0.25) is 18.9 Å². The monoisotopic (exact) mass is 1030 g/mol. The van der Waals surface area contributed by atoms with Crippen LogP contribution in [0.5, 0.6) is 11.5 Å². The van der Waals surface area contributed by atoms with Crippen LogP contribution in [0.3, 0.4) is 0 Å². The van der Waals surface area contributed by atoms with Gasteiger partial charge in [-0.15, -0.1) is 0 Å². The number of hydrogen-bond acceptors (Lipinski definition) is 10. The lowest BCUT2D eigenvalue weighted by Crippen LogP contribution is -2.62. The molecular weight excluding hydrogens is 963 g/mol. The normalized spacial score (nSPS) is 15.4. The van der Waals surface area contributed by atoms with Crippen LogP contribution in [0.1, 0.15) is 61.1 Å². The van der Waals surface area contributed by atoms with Crippen molar-refractivity contribution < 1.29 is 47.6 Å². The number of carbonyl (C=O) groups excluding carboxylic acids is 4. The van der Waals surface area contributed by atoms with E-state index < -0.39 is 53.6 Å². The van der Waals surface area contributed by atoms with E-state index in [1.807, 2.05) is 164 Å². The standard InChI is InChI=1S/C61H71N5O10/c1-43(73-38-46-26-16-9-17-27-46)56(65-60(70)76-61(2,3)4)59(69)64-52(42-72-37-45-24-14-8-15-25-45)58(68)63-51(41-71-36-44-22-12-7-13-23-44)57(67)62-50-32-49-33-54(74-39-47-28-18-10-19-29-47)55(34-53(49)66(5,6)35-50)75-40-48-30-20-11-21-31-48/h7-31,33-34,43,50-52,56H,32,35-42H2,1-6H3,(H3-,62,63,64,65,67,68,69,70)/p+1/t43-,50+,51+,52-,56+/m1/s1. The van der Waals surface area contributed by atoms with Crippen molar-refractivity contribution in [2.45, 2.75) is 103 Å².